The second-order valence-electron chi connectivity index (χ2n) is 5.50. The Labute approximate surface area is 141 Å². The molecule has 8 nitrogen and oxygen atoms in total. The van der Waals surface area contributed by atoms with E-state index in [0.717, 1.165) is 0 Å². The molecule has 8 heteroatoms. The molecule has 0 saturated heterocycles. The van der Waals surface area contributed by atoms with Crippen LogP contribution in [-0.4, -0.2) is 20.4 Å². The van der Waals surface area contributed by atoms with E-state index >= 15 is 0 Å². The Morgan fingerprint density at radius 1 is 1.28 bits per heavy atom. The van der Waals surface area contributed by atoms with Crippen molar-refractivity contribution in [2.75, 3.05) is 5.32 Å². The van der Waals surface area contributed by atoms with Crippen molar-refractivity contribution in [3.8, 4) is 0 Å². The Balaban J connectivity index is 1.84. The third-order valence-corrected chi connectivity index (χ3v) is 3.75. The molecule has 0 fully saturated rings. The van der Waals surface area contributed by atoms with Gasteiger partial charge in [-0.3, -0.25) is 24.3 Å². The number of benzene rings is 2. The average molecular weight is 338 g/mol. The van der Waals surface area contributed by atoms with Crippen LogP contribution >= 0.6 is 0 Å². The first-order valence-electron chi connectivity index (χ1n) is 7.45. The summed E-state index contributed by atoms with van der Waals surface area (Å²) in [5.41, 5.74) is 1.13. The summed E-state index contributed by atoms with van der Waals surface area (Å²) in [5.74, 6) is -0.470. The number of nitro groups is 1. The van der Waals surface area contributed by atoms with Crippen LogP contribution in [0.25, 0.3) is 10.9 Å². The van der Waals surface area contributed by atoms with Crippen LogP contribution in [0.4, 0.5) is 11.4 Å². The minimum atomic E-state index is -0.535. The molecule has 0 bridgehead atoms. The van der Waals surface area contributed by atoms with E-state index in [1.807, 2.05) is 0 Å². The summed E-state index contributed by atoms with van der Waals surface area (Å²) in [6.45, 7) is 1.49. The molecule has 0 atom stereocenters. The molecule has 3 aromatic rings. The molecule has 25 heavy (non-hydrogen) atoms. The highest BCUT2D eigenvalue weighted by Gasteiger charge is 2.12. The highest BCUT2D eigenvalue weighted by atomic mass is 16.6. The maximum Gasteiger partial charge on any atom is 0.271 e. The van der Waals surface area contributed by atoms with Crippen LogP contribution in [0, 0.1) is 17.0 Å². The number of amides is 1. The van der Waals surface area contributed by atoms with Gasteiger partial charge in [0, 0.05) is 12.1 Å². The van der Waals surface area contributed by atoms with Crippen molar-refractivity contribution in [3.63, 3.8) is 0 Å². The molecular formula is C17H14N4O4. The molecule has 2 aromatic carbocycles. The first kappa shape index (κ1) is 16.3. The van der Waals surface area contributed by atoms with Crippen molar-refractivity contribution in [3.05, 3.63) is 74.8 Å². The lowest BCUT2D eigenvalue weighted by atomic mass is 10.2. The number of carbonyl (C=O) groups is 1. The Hall–Kier alpha value is -3.55. The number of aromatic nitrogens is 2. The zero-order valence-electron chi connectivity index (χ0n) is 13.3. The van der Waals surface area contributed by atoms with Crippen LogP contribution in [0.5, 0.6) is 0 Å². The molecule has 0 saturated carbocycles. The smallest absolute Gasteiger partial charge is 0.271 e. The lowest BCUT2D eigenvalue weighted by molar-refractivity contribution is -0.384. The number of anilines is 1. The number of nitrogens with one attached hydrogen (secondary N) is 1. The fourth-order valence-corrected chi connectivity index (χ4v) is 2.42. The van der Waals surface area contributed by atoms with Crippen LogP contribution < -0.4 is 10.9 Å². The van der Waals surface area contributed by atoms with Crippen LogP contribution in [0.2, 0.25) is 0 Å². The van der Waals surface area contributed by atoms with Crippen LogP contribution in [-0.2, 0) is 11.3 Å². The van der Waals surface area contributed by atoms with Gasteiger partial charge in [-0.25, -0.2) is 4.98 Å². The van der Waals surface area contributed by atoms with Crippen molar-refractivity contribution in [2.24, 2.45) is 0 Å². The van der Waals surface area contributed by atoms with Crippen molar-refractivity contribution >= 4 is 28.2 Å². The van der Waals surface area contributed by atoms with Crippen LogP contribution in [0.3, 0.4) is 0 Å². The van der Waals surface area contributed by atoms with Gasteiger partial charge < -0.3 is 5.32 Å². The van der Waals surface area contributed by atoms with Gasteiger partial charge in [-0.15, -0.1) is 0 Å². The van der Waals surface area contributed by atoms with Gasteiger partial charge in [0.25, 0.3) is 11.2 Å². The van der Waals surface area contributed by atoms with Crippen molar-refractivity contribution in [1.82, 2.24) is 9.55 Å². The number of fused-ring (bicyclic) bond motifs is 1. The monoisotopic (exact) mass is 338 g/mol. The third-order valence-electron chi connectivity index (χ3n) is 3.75. The fraction of sp³-hybridized carbons (Fsp3) is 0.118. The molecule has 1 N–H and O–H groups in total. The molecule has 0 unspecified atom stereocenters. The first-order chi connectivity index (χ1) is 12.0. The number of nitrogens with zero attached hydrogens (tertiary/aromatic N) is 3. The summed E-state index contributed by atoms with van der Waals surface area (Å²) in [7, 11) is 0. The van der Waals surface area contributed by atoms with E-state index in [0.29, 0.717) is 22.2 Å². The highest BCUT2D eigenvalue weighted by molar-refractivity contribution is 5.92. The number of non-ortho nitro benzene ring substituents is 1. The van der Waals surface area contributed by atoms with Crippen LogP contribution in [0.15, 0.2) is 53.6 Å². The fourth-order valence-electron chi connectivity index (χ4n) is 2.42. The van der Waals surface area contributed by atoms with Gasteiger partial charge in [-0.05, 0) is 24.6 Å². The van der Waals surface area contributed by atoms with Gasteiger partial charge in [-0.1, -0.05) is 18.2 Å². The van der Waals surface area contributed by atoms with E-state index in [-0.39, 0.29) is 17.8 Å². The quantitative estimate of drug-likeness (QED) is 0.580. The predicted octanol–water partition coefficient (Wildman–Crippen LogP) is 2.25. The number of hydrogen-bond acceptors (Lipinski definition) is 5. The Bertz CT molecular complexity index is 1040. The third kappa shape index (κ3) is 3.37. The molecule has 0 radical (unpaired) electrons. The largest absolute Gasteiger partial charge is 0.324 e. The van der Waals surface area contributed by atoms with E-state index in [1.54, 1.807) is 37.3 Å². The molecule has 3 rings (SSSR count). The normalized spacial score (nSPS) is 10.6. The van der Waals surface area contributed by atoms with Gasteiger partial charge in [-0.2, -0.15) is 0 Å². The minimum Gasteiger partial charge on any atom is -0.324 e. The summed E-state index contributed by atoms with van der Waals surface area (Å²) in [4.78, 5) is 39.1. The van der Waals surface area contributed by atoms with E-state index in [4.69, 9.17) is 0 Å². The van der Waals surface area contributed by atoms with Gasteiger partial charge >= 0.3 is 0 Å². The molecule has 0 aliphatic carbocycles. The lowest BCUT2D eigenvalue weighted by Crippen LogP contribution is -2.28. The number of para-hydroxylation sites is 1. The lowest BCUT2D eigenvalue weighted by Gasteiger charge is -2.10. The van der Waals surface area contributed by atoms with E-state index in [9.17, 15) is 19.7 Å². The Morgan fingerprint density at radius 2 is 2.04 bits per heavy atom. The topological polar surface area (TPSA) is 107 Å². The van der Waals surface area contributed by atoms with Gasteiger partial charge in [0.05, 0.1) is 27.8 Å². The first-order valence-corrected chi connectivity index (χ1v) is 7.45. The predicted molar refractivity (Wildman–Crippen MR) is 92.5 cm³/mol. The number of hydrogen-bond donors (Lipinski definition) is 1. The van der Waals surface area contributed by atoms with E-state index in [2.05, 4.69) is 10.3 Å². The second-order valence-corrected chi connectivity index (χ2v) is 5.50. The van der Waals surface area contributed by atoms with Gasteiger partial charge in [0.1, 0.15) is 6.54 Å². The molecule has 0 aliphatic rings. The zero-order valence-corrected chi connectivity index (χ0v) is 13.3. The molecule has 1 heterocycles. The zero-order chi connectivity index (χ0) is 18.0. The summed E-state index contributed by atoms with van der Waals surface area (Å²) in [6, 6.07) is 11.1. The summed E-state index contributed by atoms with van der Waals surface area (Å²) < 4.78 is 1.20. The summed E-state index contributed by atoms with van der Waals surface area (Å²) >= 11 is 0. The molecule has 1 aromatic heterocycles. The van der Waals surface area contributed by atoms with Gasteiger partial charge in [0.15, 0.2) is 0 Å². The average Bonchev–Trinajstić information content (AvgIpc) is 2.59. The summed E-state index contributed by atoms with van der Waals surface area (Å²) in [6.07, 6.45) is 1.31. The molecule has 126 valence electrons. The second kappa shape index (κ2) is 6.52. The number of aryl methyl sites for hydroxylation is 1. The number of carbonyl (C=O) groups excluding carboxylic acids is 1. The molecular weight excluding hydrogens is 324 g/mol. The highest BCUT2D eigenvalue weighted by Crippen LogP contribution is 2.21. The number of nitro benzene ring substituents is 1. The standard InChI is InChI=1S/C17H14N4O4/c1-11-6-7-12(21(24)25)8-15(11)19-16(22)9-20-10-18-14-5-3-2-4-13(14)17(20)23/h2-8,10H,9H2,1H3,(H,19,22). The maximum atomic E-state index is 12.4. The Morgan fingerprint density at radius 3 is 2.80 bits per heavy atom. The van der Waals surface area contributed by atoms with Crippen molar-refractivity contribution < 1.29 is 9.72 Å². The summed E-state index contributed by atoms with van der Waals surface area (Å²) in [5, 5.41) is 13.9. The van der Waals surface area contributed by atoms with Crippen LogP contribution in [0.1, 0.15) is 5.56 Å². The van der Waals surface area contributed by atoms with Crippen molar-refractivity contribution in [1.29, 1.82) is 0 Å². The molecule has 1 amide bonds. The maximum absolute atomic E-state index is 12.4. The van der Waals surface area contributed by atoms with Crippen molar-refractivity contribution in [2.45, 2.75) is 13.5 Å². The SMILES string of the molecule is Cc1ccc([N+](=O)[O-])cc1NC(=O)Cn1cnc2ccccc2c1=O. The van der Waals surface area contributed by atoms with E-state index < -0.39 is 10.8 Å². The minimum absolute atomic E-state index is 0.120. The molecule has 0 spiro atoms. The van der Waals surface area contributed by atoms with Gasteiger partial charge in [0.2, 0.25) is 5.91 Å². The van der Waals surface area contributed by atoms with E-state index in [1.165, 1.54) is 23.0 Å². The Kier molecular flexibility index (Phi) is 4.25. The number of rotatable bonds is 4. The molecule has 0 aliphatic heterocycles.